The standard InChI is InChI=1S/C20H36N4O7S/c1-5-11(4)16(24-17(27)12(21)9-32)19(29)22-13(6-7-15(25)26)18(28)23-14(20(30)31)8-10(2)3/h10-14,16,32H,5-9,21H2,1-4H3,(H,22,29)(H,23,28)(H,24,27)(H,25,26)(H,30,31). The highest BCUT2D eigenvalue weighted by atomic mass is 32.1. The van der Waals surface area contributed by atoms with Crippen molar-refractivity contribution in [2.75, 3.05) is 5.75 Å². The fraction of sp³-hybridized carbons (Fsp3) is 0.750. The second-order valence-electron chi connectivity index (χ2n) is 8.18. The zero-order chi connectivity index (χ0) is 25.0. The average molecular weight is 477 g/mol. The van der Waals surface area contributed by atoms with E-state index < -0.39 is 60.2 Å². The van der Waals surface area contributed by atoms with Crippen LogP contribution in [0.1, 0.15) is 53.4 Å². The van der Waals surface area contributed by atoms with Crippen LogP contribution in [0.15, 0.2) is 0 Å². The van der Waals surface area contributed by atoms with Crippen molar-refractivity contribution in [2.24, 2.45) is 17.6 Å². The Morgan fingerprint density at radius 2 is 1.47 bits per heavy atom. The molecule has 184 valence electrons. The number of hydrogen-bond donors (Lipinski definition) is 7. The zero-order valence-electron chi connectivity index (χ0n) is 19.0. The number of nitrogens with one attached hydrogen (secondary N) is 3. The molecule has 3 amide bonds. The molecule has 0 bridgehead atoms. The first kappa shape index (κ1) is 29.7. The number of hydrogen-bond acceptors (Lipinski definition) is 7. The summed E-state index contributed by atoms with van der Waals surface area (Å²) in [5.74, 6) is -4.78. The largest absolute Gasteiger partial charge is 0.481 e. The molecule has 0 aliphatic carbocycles. The van der Waals surface area contributed by atoms with Gasteiger partial charge in [-0.05, 0) is 24.7 Å². The Labute approximate surface area is 193 Å². The molecule has 0 fully saturated rings. The number of carbonyl (C=O) groups is 5. The normalized spacial score (nSPS) is 15.7. The van der Waals surface area contributed by atoms with Gasteiger partial charge in [-0.3, -0.25) is 19.2 Å². The van der Waals surface area contributed by atoms with Crippen molar-refractivity contribution in [3.05, 3.63) is 0 Å². The second kappa shape index (κ2) is 14.7. The Bertz CT molecular complexity index is 674. The number of carboxylic acids is 2. The molecule has 5 atom stereocenters. The summed E-state index contributed by atoms with van der Waals surface area (Å²) in [6, 6.07) is -4.44. The summed E-state index contributed by atoms with van der Waals surface area (Å²) in [5, 5.41) is 25.7. The van der Waals surface area contributed by atoms with Crippen LogP contribution in [0.4, 0.5) is 0 Å². The third-order valence-electron chi connectivity index (χ3n) is 4.93. The molecular weight excluding hydrogens is 440 g/mol. The van der Waals surface area contributed by atoms with E-state index in [1.807, 2.05) is 6.92 Å². The minimum Gasteiger partial charge on any atom is -0.481 e. The number of carboxylic acid groups (broad SMARTS) is 2. The van der Waals surface area contributed by atoms with Gasteiger partial charge in [0, 0.05) is 12.2 Å². The van der Waals surface area contributed by atoms with Crippen LogP contribution in [0.2, 0.25) is 0 Å². The van der Waals surface area contributed by atoms with Crippen molar-refractivity contribution < 1.29 is 34.2 Å². The third-order valence-corrected chi connectivity index (χ3v) is 5.32. The van der Waals surface area contributed by atoms with E-state index in [2.05, 4.69) is 28.6 Å². The molecular formula is C20H36N4O7S. The fourth-order valence-corrected chi connectivity index (χ4v) is 2.97. The van der Waals surface area contributed by atoms with Crippen LogP contribution in [-0.4, -0.2) is 69.8 Å². The third kappa shape index (κ3) is 10.8. The summed E-state index contributed by atoms with van der Waals surface area (Å²) in [5.41, 5.74) is 5.65. The molecule has 0 rings (SSSR count). The Morgan fingerprint density at radius 3 is 1.91 bits per heavy atom. The number of thiol groups is 1. The summed E-state index contributed by atoms with van der Waals surface area (Å²) >= 11 is 3.96. The van der Waals surface area contributed by atoms with Crippen molar-refractivity contribution in [1.29, 1.82) is 0 Å². The first-order valence-electron chi connectivity index (χ1n) is 10.6. The maximum atomic E-state index is 12.9. The SMILES string of the molecule is CCC(C)C(NC(=O)C(N)CS)C(=O)NC(CCC(=O)O)C(=O)NC(CC(C)C)C(=O)O. The van der Waals surface area contributed by atoms with Gasteiger partial charge in [-0.25, -0.2) is 4.79 Å². The molecule has 0 aromatic rings. The minimum absolute atomic E-state index is 0.0236. The first-order valence-corrected chi connectivity index (χ1v) is 11.2. The van der Waals surface area contributed by atoms with E-state index in [1.54, 1.807) is 20.8 Å². The molecule has 7 N–H and O–H groups in total. The molecule has 32 heavy (non-hydrogen) atoms. The van der Waals surface area contributed by atoms with Gasteiger partial charge in [-0.1, -0.05) is 34.1 Å². The average Bonchev–Trinajstić information content (AvgIpc) is 2.71. The fourth-order valence-electron chi connectivity index (χ4n) is 2.81. The maximum Gasteiger partial charge on any atom is 0.326 e. The van der Waals surface area contributed by atoms with Crippen molar-refractivity contribution in [3.63, 3.8) is 0 Å². The van der Waals surface area contributed by atoms with E-state index in [-0.39, 0.29) is 30.4 Å². The summed E-state index contributed by atoms with van der Waals surface area (Å²) in [4.78, 5) is 60.3. The van der Waals surface area contributed by atoms with Crippen LogP contribution in [0.25, 0.3) is 0 Å². The van der Waals surface area contributed by atoms with E-state index in [1.165, 1.54) is 0 Å². The summed E-state index contributed by atoms with van der Waals surface area (Å²) < 4.78 is 0. The first-order chi connectivity index (χ1) is 14.8. The maximum absolute atomic E-state index is 12.9. The Balaban J connectivity index is 5.59. The van der Waals surface area contributed by atoms with Gasteiger partial charge in [-0.2, -0.15) is 12.6 Å². The van der Waals surface area contributed by atoms with Gasteiger partial charge in [0.15, 0.2) is 0 Å². The summed E-state index contributed by atoms with van der Waals surface area (Å²) in [6.07, 6.45) is 0.00715. The van der Waals surface area contributed by atoms with Gasteiger partial charge in [0.2, 0.25) is 17.7 Å². The predicted octanol–water partition coefficient (Wildman–Crippen LogP) is -0.260. The number of amides is 3. The van der Waals surface area contributed by atoms with Gasteiger partial charge in [0.05, 0.1) is 6.04 Å². The van der Waals surface area contributed by atoms with Gasteiger partial charge in [-0.15, -0.1) is 0 Å². The van der Waals surface area contributed by atoms with Crippen LogP contribution in [0.3, 0.4) is 0 Å². The van der Waals surface area contributed by atoms with E-state index in [4.69, 9.17) is 10.8 Å². The molecule has 5 unspecified atom stereocenters. The lowest BCUT2D eigenvalue weighted by Gasteiger charge is -2.28. The van der Waals surface area contributed by atoms with E-state index in [9.17, 15) is 29.1 Å². The van der Waals surface area contributed by atoms with Crippen LogP contribution < -0.4 is 21.7 Å². The van der Waals surface area contributed by atoms with Crippen LogP contribution in [0, 0.1) is 11.8 Å². The van der Waals surface area contributed by atoms with Crippen molar-refractivity contribution >= 4 is 42.3 Å². The molecule has 0 spiro atoms. The Kier molecular flexibility index (Phi) is 13.6. The van der Waals surface area contributed by atoms with Crippen molar-refractivity contribution in [1.82, 2.24) is 16.0 Å². The monoisotopic (exact) mass is 476 g/mol. The van der Waals surface area contributed by atoms with E-state index >= 15 is 0 Å². The lowest BCUT2D eigenvalue weighted by atomic mass is 9.97. The number of nitrogens with two attached hydrogens (primary N) is 1. The number of rotatable bonds is 15. The summed E-state index contributed by atoms with van der Waals surface area (Å²) in [7, 11) is 0. The highest BCUT2D eigenvalue weighted by molar-refractivity contribution is 7.80. The molecule has 0 aliphatic heterocycles. The molecule has 12 heteroatoms. The molecule has 0 aromatic heterocycles. The quantitative estimate of drug-likeness (QED) is 0.157. The molecule has 0 aliphatic rings. The van der Waals surface area contributed by atoms with Crippen LogP contribution >= 0.6 is 12.6 Å². The molecule has 0 radical (unpaired) electrons. The zero-order valence-corrected chi connectivity index (χ0v) is 19.9. The molecule has 0 saturated carbocycles. The highest BCUT2D eigenvalue weighted by Gasteiger charge is 2.32. The highest BCUT2D eigenvalue weighted by Crippen LogP contribution is 2.11. The number of carbonyl (C=O) groups excluding carboxylic acids is 3. The Morgan fingerprint density at radius 1 is 0.906 bits per heavy atom. The molecule has 0 heterocycles. The van der Waals surface area contributed by atoms with Gasteiger partial charge >= 0.3 is 11.9 Å². The van der Waals surface area contributed by atoms with Crippen molar-refractivity contribution in [3.8, 4) is 0 Å². The molecule has 0 aromatic carbocycles. The van der Waals surface area contributed by atoms with Gasteiger partial charge in [0.25, 0.3) is 0 Å². The van der Waals surface area contributed by atoms with Crippen molar-refractivity contribution in [2.45, 2.75) is 77.5 Å². The summed E-state index contributed by atoms with van der Waals surface area (Å²) in [6.45, 7) is 7.13. The van der Waals surface area contributed by atoms with E-state index in [0.717, 1.165) is 0 Å². The molecule has 11 nitrogen and oxygen atoms in total. The second-order valence-corrected chi connectivity index (χ2v) is 8.55. The molecule has 0 saturated heterocycles. The number of aliphatic carboxylic acids is 2. The van der Waals surface area contributed by atoms with E-state index in [0.29, 0.717) is 6.42 Å². The lowest BCUT2D eigenvalue weighted by molar-refractivity contribution is -0.143. The van der Waals surface area contributed by atoms with Gasteiger partial charge in [0.1, 0.15) is 18.1 Å². The Hall–Kier alpha value is -2.34. The predicted molar refractivity (Wildman–Crippen MR) is 121 cm³/mol. The van der Waals surface area contributed by atoms with Gasteiger partial charge < -0.3 is 31.9 Å². The smallest absolute Gasteiger partial charge is 0.326 e. The topological polar surface area (TPSA) is 188 Å². The minimum atomic E-state index is -1.30. The van der Waals surface area contributed by atoms with Crippen LogP contribution in [0.5, 0.6) is 0 Å². The van der Waals surface area contributed by atoms with Crippen LogP contribution in [-0.2, 0) is 24.0 Å². The lowest BCUT2D eigenvalue weighted by Crippen LogP contribution is -2.58.